The SMILES string of the molecule is O=C(NCc1nc2ccccc2[nH]1)c1ccc(=O)[nH]c1. The second kappa shape index (κ2) is 5.00. The summed E-state index contributed by atoms with van der Waals surface area (Å²) >= 11 is 0. The Kier molecular flexibility index (Phi) is 3.04. The van der Waals surface area contributed by atoms with Crippen molar-refractivity contribution in [3.8, 4) is 0 Å². The Labute approximate surface area is 113 Å². The molecule has 0 fully saturated rings. The van der Waals surface area contributed by atoms with Gasteiger partial charge in [0.1, 0.15) is 5.82 Å². The summed E-state index contributed by atoms with van der Waals surface area (Å²) < 4.78 is 0. The Morgan fingerprint density at radius 1 is 1.20 bits per heavy atom. The highest BCUT2D eigenvalue weighted by Gasteiger charge is 2.07. The number of H-pyrrole nitrogens is 2. The first-order chi connectivity index (χ1) is 9.72. The highest BCUT2D eigenvalue weighted by atomic mass is 16.1. The molecule has 3 N–H and O–H groups in total. The number of benzene rings is 1. The Hall–Kier alpha value is -2.89. The van der Waals surface area contributed by atoms with Crippen LogP contribution < -0.4 is 10.9 Å². The van der Waals surface area contributed by atoms with Gasteiger partial charge < -0.3 is 15.3 Å². The number of pyridine rings is 1. The molecule has 3 rings (SSSR count). The van der Waals surface area contributed by atoms with Gasteiger partial charge in [0.15, 0.2) is 0 Å². The normalized spacial score (nSPS) is 10.6. The van der Waals surface area contributed by atoms with E-state index in [1.165, 1.54) is 18.3 Å². The Bertz CT molecular complexity index is 766. The zero-order valence-corrected chi connectivity index (χ0v) is 10.5. The molecule has 1 aromatic carbocycles. The molecule has 100 valence electrons. The Morgan fingerprint density at radius 2 is 2.05 bits per heavy atom. The number of fused-ring (bicyclic) bond motifs is 1. The fourth-order valence-corrected chi connectivity index (χ4v) is 1.91. The second-order valence-corrected chi connectivity index (χ2v) is 4.32. The van der Waals surface area contributed by atoms with Crippen LogP contribution >= 0.6 is 0 Å². The lowest BCUT2D eigenvalue weighted by molar-refractivity contribution is 0.0949. The van der Waals surface area contributed by atoms with E-state index in [9.17, 15) is 9.59 Å². The van der Waals surface area contributed by atoms with E-state index in [1.54, 1.807) is 0 Å². The molecule has 6 nitrogen and oxygen atoms in total. The predicted molar refractivity (Wildman–Crippen MR) is 74.3 cm³/mol. The van der Waals surface area contributed by atoms with Crippen LogP contribution in [0.2, 0.25) is 0 Å². The van der Waals surface area contributed by atoms with Crippen LogP contribution in [0.3, 0.4) is 0 Å². The van der Waals surface area contributed by atoms with E-state index in [-0.39, 0.29) is 11.5 Å². The molecule has 0 saturated carbocycles. The lowest BCUT2D eigenvalue weighted by Gasteiger charge is -2.02. The highest BCUT2D eigenvalue weighted by molar-refractivity contribution is 5.93. The third kappa shape index (κ3) is 2.44. The smallest absolute Gasteiger partial charge is 0.253 e. The van der Waals surface area contributed by atoms with Gasteiger partial charge in [-0.15, -0.1) is 0 Å². The van der Waals surface area contributed by atoms with Crippen molar-refractivity contribution in [3.05, 3.63) is 64.3 Å². The van der Waals surface area contributed by atoms with Crippen LogP contribution in [0.5, 0.6) is 0 Å². The standard InChI is InChI=1S/C14H12N4O2/c19-13-6-5-9(7-15-13)14(20)16-8-12-17-10-3-1-2-4-11(10)18-12/h1-7H,8H2,(H,15,19)(H,16,20)(H,17,18). The molecule has 6 heteroatoms. The highest BCUT2D eigenvalue weighted by Crippen LogP contribution is 2.10. The molecule has 2 heterocycles. The minimum absolute atomic E-state index is 0.237. The monoisotopic (exact) mass is 268 g/mol. The third-order valence-electron chi connectivity index (χ3n) is 2.90. The average Bonchev–Trinajstić information content (AvgIpc) is 2.88. The summed E-state index contributed by atoms with van der Waals surface area (Å²) in [6.07, 6.45) is 1.39. The van der Waals surface area contributed by atoms with Gasteiger partial charge in [0.05, 0.1) is 23.1 Å². The van der Waals surface area contributed by atoms with E-state index in [4.69, 9.17) is 0 Å². The number of nitrogens with zero attached hydrogens (tertiary/aromatic N) is 1. The summed E-state index contributed by atoms with van der Waals surface area (Å²) in [5, 5.41) is 2.74. The quantitative estimate of drug-likeness (QED) is 0.666. The predicted octanol–water partition coefficient (Wildman–Crippen LogP) is 1.18. The van der Waals surface area contributed by atoms with Crippen molar-refractivity contribution in [2.45, 2.75) is 6.54 Å². The van der Waals surface area contributed by atoms with E-state index in [0.29, 0.717) is 17.9 Å². The summed E-state index contributed by atoms with van der Waals surface area (Å²) in [5.41, 5.74) is 1.96. The molecule has 1 amide bonds. The van der Waals surface area contributed by atoms with E-state index < -0.39 is 0 Å². The number of para-hydroxylation sites is 2. The number of rotatable bonds is 3. The molecule has 0 saturated heterocycles. The summed E-state index contributed by atoms with van der Waals surface area (Å²) in [6, 6.07) is 10.5. The molecule has 0 atom stereocenters. The summed E-state index contributed by atoms with van der Waals surface area (Å²) in [7, 11) is 0. The van der Waals surface area contributed by atoms with Crippen LogP contribution in [0.4, 0.5) is 0 Å². The van der Waals surface area contributed by atoms with E-state index in [0.717, 1.165) is 11.0 Å². The molecule has 3 aromatic rings. The van der Waals surface area contributed by atoms with Crippen LogP contribution in [0.15, 0.2) is 47.4 Å². The molecule has 0 unspecified atom stereocenters. The summed E-state index contributed by atoms with van der Waals surface area (Å²) in [6.45, 7) is 0.298. The largest absolute Gasteiger partial charge is 0.345 e. The summed E-state index contributed by atoms with van der Waals surface area (Å²) in [5.74, 6) is 0.422. The number of nitrogens with one attached hydrogen (secondary N) is 3. The molecule has 0 aliphatic carbocycles. The van der Waals surface area contributed by atoms with Crippen LogP contribution in [0.1, 0.15) is 16.2 Å². The first-order valence-electron chi connectivity index (χ1n) is 6.13. The first kappa shape index (κ1) is 12.2. The van der Waals surface area contributed by atoms with Crippen LogP contribution in [0.25, 0.3) is 11.0 Å². The minimum Gasteiger partial charge on any atom is -0.345 e. The average molecular weight is 268 g/mol. The van der Waals surface area contributed by atoms with Crippen molar-refractivity contribution in [2.75, 3.05) is 0 Å². The van der Waals surface area contributed by atoms with Crippen molar-refractivity contribution in [3.63, 3.8) is 0 Å². The zero-order chi connectivity index (χ0) is 13.9. The van der Waals surface area contributed by atoms with Gasteiger partial charge in [-0.25, -0.2) is 4.98 Å². The summed E-state index contributed by atoms with van der Waals surface area (Å²) in [4.78, 5) is 32.7. The van der Waals surface area contributed by atoms with E-state index >= 15 is 0 Å². The molecule has 20 heavy (non-hydrogen) atoms. The van der Waals surface area contributed by atoms with Gasteiger partial charge in [-0.05, 0) is 18.2 Å². The fraction of sp³-hybridized carbons (Fsp3) is 0.0714. The molecule has 0 aliphatic heterocycles. The molecule has 0 bridgehead atoms. The maximum Gasteiger partial charge on any atom is 0.253 e. The van der Waals surface area contributed by atoms with E-state index in [2.05, 4.69) is 20.3 Å². The Morgan fingerprint density at radius 3 is 2.80 bits per heavy atom. The topological polar surface area (TPSA) is 90.6 Å². The van der Waals surface area contributed by atoms with Gasteiger partial charge in [0.25, 0.3) is 5.91 Å². The van der Waals surface area contributed by atoms with Gasteiger partial charge >= 0.3 is 0 Å². The van der Waals surface area contributed by atoms with Crippen molar-refractivity contribution < 1.29 is 4.79 Å². The third-order valence-corrected chi connectivity index (χ3v) is 2.90. The van der Waals surface area contributed by atoms with Gasteiger partial charge in [-0.1, -0.05) is 12.1 Å². The minimum atomic E-state index is -0.262. The number of imidazole rings is 1. The fourth-order valence-electron chi connectivity index (χ4n) is 1.91. The number of aromatic nitrogens is 3. The van der Waals surface area contributed by atoms with Crippen LogP contribution in [-0.4, -0.2) is 20.9 Å². The van der Waals surface area contributed by atoms with E-state index in [1.807, 2.05) is 24.3 Å². The molecular weight excluding hydrogens is 256 g/mol. The number of hydrogen-bond donors (Lipinski definition) is 3. The van der Waals surface area contributed by atoms with Crippen molar-refractivity contribution in [1.82, 2.24) is 20.3 Å². The van der Waals surface area contributed by atoms with Crippen molar-refractivity contribution in [1.29, 1.82) is 0 Å². The van der Waals surface area contributed by atoms with Gasteiger partial charge in [0.2, 0.25) is 5.56 Å². The number of amides is 1. The van der Waals surface area contributed by atoms with Crippen molar-refractivity contribution >= 4 is 16.9 Å². The first-order valence-corrected chi connectivity index (χ1v) is 6.13. The lowest BCUT2D eigenvalue weighted by Crippen LogP contribution is -2.24. The molecule has 2 aromatic heterocycles. The molecule has 0 radical (unpaired) electrons. The lowest BCUT2D eigenvalue weighted by atomic mass is 10.3. The van der Waals surface area contributed by atoms with Crippen LogP contribution in [-0.2, 0) is 6.54 Å². The molecule has 0 spiro atoms. The maximum atomic E-state index is 11.9. The number of aromatic amines is 2. The number of carbonyl (C=O) groups is 1. The van der Waals surface area contributed by atoms with Crippen molar-refractivity contribution in [2.24, 2.45) is 0 Å². The number of carbonyl (C=O) groups excluding carboxylic acids is 1. The molecular formula is C14H12N4O2. The molecule has 0 aliphatic rings. The second-order valence-electron chi connectivity index (χ2n) is 4.32. The van der Waals surface area contributed by atoms with Gasteiger partial charge in [0, 0.05) is 12.3 Å². The zero-order valence-electron chi connectivity index (χ0n) is 10.5. The van der Waals surface area contributed by atoms with Gasteiger partial charge in [-0.2, -0.15) is 0 Å². The van der Waals surface area contributed by atoms with Crippen LogP contribution in [0, 0.1) is 0 Å². The van der Waals surface area contributed by atoms with Gasteiger partial charge in [-0.3, -0.25) is 9.59 Å². The number of hydrogen-bond acceptors (Lipinski definition) is 3. The maximum absolute atomic E-state index is 11.9. The Balaban J connectivity index is 1.71.